The fourth-order valence-corrected chi connectivity index (χ4v) is 2.21. The Morgan fingerprint density at radius 3 is 2.86 bits per heavy atom. The lowest BCUT2D eigenvalue weighted by molar-refractivity contribution is 0.101. The molecule has 1 aromatic heterocycles. The van der Waals surface area contributed by atoms with E-state index >= 15 is 0 Å². The van der Waals surface area contributed by atoms with E-state index in [-0.39, 0.29) is 11.7 Å². The van der Waals surface area contributed by atoms with Crippen molar-refractivity contribution in [2.45, 2.75) is 25.3 Å². The number of amides is 1. The van der Waals surface area contributed by atoms with Gasteiger partial charge in [-0.1, -0.05) is 18.2 Å². The highest BCUT2D eigenvalue weighted by Gasteiger charge is 2.28. The summed E-state index contributed by atoms with van der Waals surface area (Å²) in [6.45, 7) is 0.762. The largest absolute Gasteiger partial charge is 0.319 e. The summed E-state index contributed by atoms with van der Waals surface area (Å²) < 4.78 is 0. The van der Waals surface area contributed by atoms with Crippen LogP contribution in [0.25, 0.3) is 0 Å². The molecule has 6 nitrogen and oxygen atoms in total. The number of benzene rings is 1. The predicted molar refractivity (Wildman–Crippen MR) is 80.1 cm³/mol. The fraction of sp³-hybridized carbons (Fsp3) is 0.400. The van der Waals surface area contributed by atoms with Crippen LogP contribution >= 0.6 is 0 Å². The number of aromatic nitrogens is 3. The van der Waals surface area contributed by atoms with Crippen LogP contribution in [-0.4, -0.2) is 40.1 Å². The Morgan fingerprint density at radius 1 is 1.38 bits per heavy atom. The van der Waals surface area contributed by atoms with Crippen LogP contribution in [0.15, 0.2) is 24.3 Å². The lowest BCUT2D eigenvalue weighted by Crippen LogP contribution is -2.17. The standard InChI is InChI=1S/C15H19N5O/c1-20(2)9-11-5-3-4-6-12(11)16-15(21)14-17-13(18-19-14)10-7-8-10/h3-6,10H,7-9H2,1-2H3,(H,16,21)(H,17,18,19). The normalized spacial score (nSPS) is 14.4. The Bertz CT molecular complexity index is 645. The summed E-state index contributed by atoms with van der Waals surface area (Å²) in [6.07, 6.45) is 2.25. The lowest BCUT2D eigenvalue weighted by atomic mass is 10.1. The second kappa shape index (κ2) is 5.65. The van der Waals surface area contributed by atoms with E-state index in [9.17, 15) is 4.79 Å². The van der Waals surface area contributed by atoms with Gasteiger partial charge >= 0.3 is 0 Å². The molecule has 0 saturated heterocycles. The van der Waals surface area contributed by atoms with E-state index in [0.29, 0.717) is 5.92 Å². The van der Waals surface area contributed by atoms with Gasteiger partial charge in [-0.05, 0) is 38.6 Å². The van der Waals surface area contributed by atoms with Gasteiger partial charge in [-0.2, -0.15) is 0 Å². The number of nitrogens with zero attached hydrogens (tertiary/aromatic N) is 3. The molecule has 0 atom stereocenters. The molecule has 1 amide bonds. The van der Waals surface area contributed by atoms with Crippen molar-refractivity contribution in [2.24, 2.45) is 0 Å². The molecule has 21 heavy (non-hydrogen) atoms. The first kappa shape index (κ1) is 13.8. The lowest BCUT2D eigenvalue weighted by Gasteiger charge is -2.14. The molecule has 2 aromatic rings. The van der Waals surface area contributed by atoms with Gasteiger partial charge < -0.3 is 10.2 Å². The van der Waals surface area contributed by atoms with E-state index in [0.717, 1.165) is 36.5 Å². The molecule has 6 heteroatoms. The number of hydrogen-bond donors (Lipinski definition) is 2. The van der Waals surface area contributed by atoms with Crippen LogP contribution in [-0.2, 0) is 6.54 Å². The van der Waals surface area contributed by atoms with E-state index in [1.807, 2.05) is 38.4 Å². The van der Waals surface area contributed by atoms with Crippen molar-refractivity contribution in [3.8, 4) is 0 Å². The van der Waals surface area contributed by atoms with Crippen LogP contribution < -0.4 is 5.32 Å². The van der Waals surface area contributed by atoms with Gasteiger partial charge in [-0.25, -0.2) is 4.98 Å². The first-order chi connectivity index (χ1) is 10.1. The maximum absolute atomic E-state index is 12.2. The zero-order valence-electron chi connectivity index (χ0n) is 12.3. The number of anilines is 1. The minimum atomic E-state index is -0.274. The number of para-hydroxylation sites is 1. The highest BCUT2D eigenvalue weighted by molar-refractivity contribution is 6.01. The summed E-state index contributed by atoms with van der Waals surface area (Å²) in [5, 5.41) is 9.75. The molecule has 1 aliphatic carbocycles. The van der Waals surface area contributed by atoms with Crippen LogP contribution in [0.1, 0.15) is 40.8 Å². The number of carbonyl (C=O) groups excluding carboxylic acids is 1. The molecule has 1 fully saturated rings. The van der Waals surface area contributed by atoms with Crippen LogP contribution in [0.2, 0.25) is 0 Å². The van der Waals surface area contributed by atoms with Crippen LogP contribution in [0.3, 0.4) is 0 Å². The van der Waals surface area contributed by atoms with Crippen molar-refractivity contribution >= 4 is 11.6 Å². The van der Waals surface area contributed by atoms with Crippen molar-refractivity contribution in [3.63, 3.8) is 0 Å². The highest BCUT2D eigenvalue weighted by Crippen LogP contribution is 2.37. The highest BCUT2D eigenvalue weighted by atomic mass is 16.2. The summed E-state index contributed by atoms with van der Waals surface area (Å²) in [4.78, 5) is 18.6. The second-order valence-electron chi connectivity index (χ2n) is 5.67. The Kier molecular flexibility index (Phi) is 3.70. The second-order valence-corrected chi connectivity index (χ2v) is 5.67. The molecular formula is C15H19N5O. The van der Waals surface area contributed by atoms with Crippen LogP contribution in [0, 0.1) is 0 Å². The van der Waals surface area contributed by atoms with Gasteiger partial charge in [0, 0.05) is 18.2 Å². The molecule has 3 rings (SSSR count). The van der Waals surface area contributed by atoms with Gasteiger partial charge in [-0.3, -0.25) is 9.89 Å². The number of rotatable bonds is 5. The average molecular weight is 285 g/mol. The van der Waals surface area contributed by atoms with Crippen molar-refractivity contribution in [1.82, 2.24) is 20.1 Å². The first-order valence-electron chi connectivity index (χ1n) is 7.10. The molecule has 1 aliphatic rings. The fourth-order valence-electron chi connectivity index (χ4n) is 2.21. The third kappa shape index (κ3) is 3.28. The first-order valence-corrected chi connectivity index (χ1v) is 7.10. The molecule has 110 valence electrons. The third-order valence-electron chi connectivity index (χ3n) is 3.42. The van der Waals surface area contributed by atoms with E-state index in [1.54, 1.807) is 0 Å². The van der Waals surface area contributed by atoms with Crippen LogP contribution in [0.4, 0.5) is 5.69 Å². The van der Waals surface area contributed by atoms with Crippen LogP contribution in [0.5, 0.6) is 0 Å². The van der Waals surface area contributed by atoms with Gasteiger partial charge in [-0.15, -0.1) is 5.10 Å². The van der Waals surface area contributed by atoms with Gasteiger partial charge in [0.25, 0.3) is 5.91 Å². The summed E-state index contributed by atoms with van der Waals surface area (Å²) >= 11 is 0. The number of aromatic amines is 1. The summed E-state index contributed by atoms with van der Waals surface area (Å²) in [7, 11) is 3.99. The van der Waals surface area contributed by atoms with Gasteiger partial charge in [0.15, 0.2) is 0 Å². The molecule has 1 aromatic carbocycles. The average Bonchev–Trinajstić information content (AvgIpc) is 3.18. The Hall–Kier alpha value is -2.21. The minimum Gasteiger partial charge on any atom is -0.319 e. The number of H-pyrrole nitrogens is 1. The molecule has 0 unspecified atom stereocenters. The molecule has 0 aliphatic heterocycles. The predicted octanol–water partition coefficient (Wildman–Crippen LogP) is 2.00. The minimum absolute atomic E-state index is 0.205. The van der Waals surface area contributed by atoms with E-state index in [4.69, 9.17) is 0 Å². The molecule has 1 saturated carbocycles. The zero-order chi connectivity index (χ0) is 14.8. The van der Waals surface area contributed by atoms with Crippen molar-refractivity contribution < 1.29 is 4.79 Å². The molecule has 0 bridgehead atoms. The Labute approximate surface area is 123 Å². The molecule has 0 spiro atoms. The Balaban J connectivity index is 1.74. The Morgan fingerprint density at radius 2 is 2.14 bits per heavy atom. The number of nitrogens with one attached hydrogen (secondary N) is 2. The van der Waals surface area contributed by atoms with Gasteiger partial charge in [0.05, 0.1) is 0 Å². The maximum atomic E-state index is 12.2. The molecular weight excluding hydrogens is 266 g/mol. The topological polar surface area (TPSA) is 73.9 Å². The number of carbonyl (C=O) groups is 1. The van der Waals surface area contributed by atoms with E-state index in [1.165, 1.54) is 0 Å². The summed E-state index contributed by atoms with van der Waals surface area (Å²) in [6, 6.07) is 7.77. The summed E-state index contributed by atoms with van der Waals surface area (Å²) in [5.41, 5.74) is 1.86. The number of hydrogen-bond acceptors (Lipinski definition) is 4. The SMILES string of the molecule is CN(C)Cc1ccccc1NC(=O)c1n[nH]c(C2CC2)n1. The van der Waals surface area contributed by atoms with Crippen molar-refractivity contribution in [2.75, 3.05) is 19.4 Å². The van der Waals surface area contributed by atoms with E-state index < -0.39 is 0 Å². The zero-order valence-corrected chi connectivity index (χ0v) is 12.3. The monoisotopic (exact) mass is 285 g/mol. The molecule has 0 radical (unpaired) electrons. The third-order valence-corrected chi connectivity index (χ3v) is 3.42. The van der Waals surface area contributed by atoms with Gasteiger partial charge in [0.2, 0.25) is 5.82 Å². The summed E-state index contributed by atoms with van der Waals surface area (Å²) in [5.74, 6) is 1.21. The molecule has 2 N–H and O–H groups in total. The molecule has 1 heterocycles. The quantitative estimate of drug-likeness (QED) is 0.881. The van der Waals surface area contributed by atoms with E-state index in [2.05, 4.69) is 25.4 Å². The van der Waals surface area contributed by atoms with Crippen molar-refractivity contribution in [3.05, 3.63) is 41.5 Å². The van der Waals surface area contributed by atoms with Gasteiger partial charge in [0.1, 0.15) is 5.82 Å². The maximum Gasteiger partial charge on any atom is 0.295 e. The smallest absolute Gasteiger partial charge is 0.295 e. The van der Waals surface area contributed by atoms with Crippen molar-refractivity contribution in [1.29, 1.82) is 0 Å².